The molecule has 2 fully saturated rings. The molecule has 0 bridgehead atoms. The molecule has 7 nitrogen and oxygen atoms in total. The monoisotopic (exact) mass is 396 g/mol. The van der Waals surface area contributed by atoms with Crippen LogP contribution in [0.15, 0.2) is 4.90 Å². The smallest absolute Gasteiger partial charge is 0.246 e. The first-order chi connectivity index (χ1) is 12.7. The zero-order valence-electron chi connectivity index (χ0n) is 16.9. The van der Waals surface area contributed by atoms with E-state index in [1.165, 1.54) is 0 Å². The van der Waals surface area contributed by atoms with Crippen LogP contribution in [-0.2, 0) is 21.4 Å². The fourth-order valence-electron chi connectivity index (χ4n) is 4.56. The average molecular weight is 397 g/mol. The Morgan fingerprint density at radius 2 is 1.63 bits per heavy atom. The molecule has 3 heterocycles. The van der Waals surface area contributed by atoms with Crippen LogP contribution < -0.4 is 0 Å². The summed E-state index contributed by atoms with van der Waals surface area (Å²) in [7, 11) is -3.56. The number of nitrogens with zero attached hydrogens (tertiary/aromatic N) is 4. The zero-order chi connectivity index (χ0) is 19.8. The van der Waals surface area contributed by atoms with Crippen molar-refractivity contribution in [2.45, 2.75) is 89.7 Å². The summed E-state index contributed by atoms with van der Waals surface area (Å²) < 4.78 is 29.4. The average Bonchev–Trinajstić information content (AvgIpc) is 2.89. The minimum atomic E-state index is -3.56. The highest BCUT2D eigenvalue weighted by molar-refractivity contribution is 7.89. The lowest BCUT2D eigenvalue weighted by Gasteiger charge is -2.39. The fraction of sp³-hybridized carbons (Fsp3) is 0.789. The van der Waals surface area contributed by atoms with E-state index in [9.17, 15) is 13.2 Å². The maximum absolute atomic E-state index is 13.1. The Labute approximate surface area is 162 Å². The summed E-state index contributed by atoms with van der Waals surface area (Å²) >= 11 is 0. The summed E-state index contributed by atoms with van der Waals surface area (Å²) in [6.07, 6.45) is 6.04. The third-order valence-corrected chi connectivity index (χ3v) is 8.15. The number of carbonyl (C=O) groups excluding carboxylic acids is 1. The van der Waals surface area contributed by atoms with Crippen LogP contribution >= 0.6 is 0 Å². The number of aryl methyl sites for hydroxylation is 1. The third kappa shape index (κ3) is 3.92. The van der Waals surface area contributed by atoms with Gasteiger partial charge in [0.15, 0.2) is 0 Å². The van der Waals surface area contributed by atoms with Crippen molar-refractivity contribution in [3.05, 3.63) is 11.4 Å². The molecule has 0 aliphatic carbocycles. The van der Waals surface area contributed by atoms with Gasteiger partial charge in [0.1, 0.15) is 11.4 Å². The van der Waals surface area contributed by atoms with E-state index in [4.69, 9.17) is 0 Å². The molecular weight excluding hydrogens is 364 g/mol. The summed E-state index contributed by atoms with van der Waals surface area (Å²) in [6.45, 7) is 8.87. The number of hydrogen-bond donors (Lipinski definition) is 0. The lowest BCUT2D eigenvalue weighted by atomic mass is 9.97. The van der Waals surface area contributed by atoms with Crippen LogP contribution in [0.3, 0.4) is 0 Å². The normalized spacial score (nSPS) is 25.0. The van der Waals surface area contributed by atoms with Crippen molar-refractivity contribution < 1.29 is 13.2 Å². The fourth-order valence-corrected chi connectivity index (χ4v) is 6.45. The molecule has 3 rings (SSSR count). The van der Waals surface area contributed by atoms with Crippen LogP contribution in [0.25, 0.3) is 0 Å². The summed E-state index contributed by atoms with van der Waals surface area (Å²) in [5, 5.41) is 4.42. The first kappa shape index (κ1) is 20.3. The highest BCUT2D eigenvalue weighted by Crippen LogP contribution is 2.27. The van der Waals surface area contributed by atoms with Gasteiger partial charge in [-0.05, 0) is 59.8 Å². The second-order valence-electron chi connectivity index (χ2n) is 8.05. The van der Waals surface area contributed by atoms with E-state index in [1.54, 1.807) is 22.8 Å². The van der Waals surface area contributed by atoms with Gasteiger partial charge in [-0.2, -0.15) is 9.40 Å². The first-order valence-electron chi connectivity index (χ1n) is 10.1. The van der Waals surface area contributed by atoms with Gasteiger partial charge in [0.25, 0.3) is 0 Å². The summed E-state index contributed by atoms with van der Waals surface area (Å²) in [5.41, 5.74) is 1.04. The maximum Gasteiger partial charge on any atom is 0.246 e. The molecule has 2 saturated heterocycles. The van der Waals surface area contributed by atoms with Crippen molar-refractivity contribution in [3.8, 4) is 0 Å². The Hall–Kier alpha value is -1.41. The van der Waals surface area contributed by atoms with Gasteiger partial charge >= 0.3 is 0 Å². The van der Waals surface area contributed by atoms with Gasteiger partial charge in [-0.25, -0.2) is 8.42 Å². The number of sulfonamides is 1. The molecular formula is C19H32N4O3S. The molecule has 0 saturated carbocycles. The molecule has 2 atom stereocenters. The molecule has 0 radical (unpaired) electrons. The highest BCUT2D eigenvalue weighted by Gasteiger charge is 2.33. The standard InChI is InChI=1S/C19H32N4O3S/c1-14-9-8-10-15(2)23(14)18(24)13-22-17(4)19(16(3)20-22)27(25,26)21-11-6-5-7-12-21/h14-15H,5-13H2,1-4H3. The lowest BCUT2D eigenvalue weighted by molar-refractivity contribution is -0.138. The van der Waals surface area contributed by atoms with E-state index >= 15 is 0 Å². The molecule has 0 N–H and O–H groups in total. The van der Waals surface area contributed by atoms with Crippen LogP contribution in [0.4, 0.5) is 0 Å². The molecule has 2 unspecified atom stereocenters. The molecule has 2 aliphatic rings. The van der Waals surface area contributed by atoms with Crippen LogP contribution in [0.5, 0.6) is 0 Å². The topological polar surface area (TPSA) is 75.5 Å². The number of likely N-dealkylation sites (tertiary alicyclic amines) is 1. The molecule has 1 aromatic rings. The van der Waals surface area contributed by atoms with Crippen molar-refractivity contribution >= 4 is 15.9 Å². The maximum atomic E-state index is 13.1. The first-order valence-corrected chi connectivity index (χ1v) is 11.5. The molecule has 0 spiro atoms. The third-order valence-electron chi connectivity index (χ3n) is 5.99. The molecule has 2 aliphatic heterocycles. The van der Waals surface area contributed by atoms with Gasteiger partial charge in [-0.1, -0.05) is 6.42 Å². The number of piperidine rings is 2. The predicted molar refractivity (Wildman–Crippen MR) is 104 cm³/mol. The van der Waals surface area contributed by atoms with Crippen molar-refractivity contribution in [3.63, 3.8) is 0 Å². The van der Waals surface area contributed by atoms with E-state index in [0.717, 1.165) is 38.5 Å². The predicted octanol–water partition coefficient (Wildman–Crippen LogP) is 2.46. The van der Waals surface area contributed by atoms with Gasteiger partial charge < -0.3 is 4.90 Å². The van der Waals surface area contributed by atoms with Crippen LogP contribution in [-0.4, -0.2) is 58.5 Å². The second-order valence-corrected chi connectivity index (χ2v) is 9.93. The Balaban J connectivity index is 1.84. The van der Waals surface area contributed by atoms with E-state index < -0.39 is 10.0 Å². The van der Waals surface area contributed by atoms with Crippen LogP contribution in [0.2, 0.25) is 0 Å². The number of aromatic nitrogens is 2. The molecule has 1 aromatic heterocycles. The zero-order valence-corrected chi connectivity index (χ0v) is 17.8. The Morgan fingerprint density at radius 1 is 1.04 bits per heavy atom. The van der Waals surface area contributed by atoms with Gasteiger partial charge in [0.05, 0.1) is 11.4 Å². The van der Waals surface area contributed by atoms with Gasteiger partial charge in [-0.15, -0.1) is 0 Å². The SMILES string of the molecule is Cc1nn(CC(=O)N2C(C)CCCC2C)c(C)c1S(=O)(=O)N1CCCCC1. The van der Waals surface area contributed by atoms with E-state index in [0.29, 0.717) is 24.5 Å². The van der Waals surface area contributed by atoms with E-state index in [-0.39, 0.29) is 29.4 Å². The molecule has 8 heteroatoms. The van der Waals surface area contributed by atoms with Crippen molar-refractivity contribution in [1.82, 2.24) is 19.0 Å². The number of rotatable bonds is 4. The number of carbonyl (C=O) groups is 1. The second kappa shape index (κ2) is 7.91. The van der Waals surface area contributed by atoms with Crippen molar-refractivity contribution in [1.29, 1.82) is 0 Å². The highest BCUT2D eigenvalue weighted by atomic mass is 32.2. The lowest BCUT2D eigenvalue weighted by Crippen LogP contribution is -2.48. The van der Waals surface area contributed by atoms with Crippen molar-refractivity contribution in [2.24, 2.45) is 0 Å². The van der Waals surface area contributed by atoms with Crippen LogP contribution in [0, 0.1) is 13.8 Å². The Bertz CT molecular complexity index is 786. The minimum Gasteiger partial charge on any atom is -0.336 e. The van der Waals surface area contributed by atoms with Gasteiger partial charge in [0, 0.05) is 25.2 Å². The number of amides is 1. The van der Waals surface area contributed by atoms with E-state index in [1.807, 2.05) is 4.90 Å². The Morgan fingerprint density at radius 3 is 2.22 bits per heavy atom. The number of hydrogen-bond acceptors (Lipinski definition) is 4. The molecule has 27 heavy (non-hydrogen) atoms. The molecule has 0 aromatic carbocycles. The summed E-state index contributed by atoms with van der Waals surface area (Å²) in [5.74, 6) is 0.0159. The molecule has 1 amide bonds. The van der Waals surface area contributed by atoms with E-state index in [2.05, 4.69) is 18.9 Å². The Kier molecular flexibility index (Phi) is 5.96. The summed E-state index contributed by atoms with van der Waals surface area (Å²) in [4.78, 5) is 15.1. The van der Waals surface area contributed by atoms with Gasteiger partial charge in [0.2, 0.25) is 15.9 Å². The summed E-state index contributed by atoms with van der Waals surface area (Å²) in [6, 6.07) is 0.435. The van der Waals surface area contributed by atoms with Crippen molar-refractivity contribution in [2.75, 3.05) is 13.1 Å². The molecule has 152 valence electrons. The van der Waals surface area contributed by atoms with Crippen LogP contribution in [0.1, 0.15) is 63.8 Å². The minimum absolute atomic E-state index is 0.0159. The van der Waals surface area contributed by atoms with Gasteiger partial charge in [-0.3, -0.25) is 9.48 Å². The quantitative estimate of drug-likeness (QED) is 0.783. The largest absolute Gasteiger partial charge is 0.336 e.